The minimum absolute atomic E-state index is 0.423. The van der Waals surface area contributed by atoms with Gasteiger partial charge in [0.05, 0.1) is 6.10 Å². The van der Waals surface area contributed by atoms with Crippen LogP contribution < -0.4 is 5.32 Å². The predicted octanol–water partition coefficient (Wildman–Crippen LogP) is 1.24. The Kier molecular flexibility index (Phi) is 4.00. The molecule has 0 aromatic carbocycles. The third-order valence-electron chi connectivity index (χ3n) is 3.83. The van der Waals surface area contributed by atoms with Crippen molar-refractivity contribution < 1.29 is 4.74 Å². The molecule has 0 bridgehead atoms. The van der Waals surface area contributed by atoms with Crippen molar-refractivity contribution in [3.05, 3.63) is 0 Å². The van der Waals surface area contributed by atoms with Gasteiger partial charge in [0.2, 0.25) is 0 Å². The lowest BCUT2D eigenvalue weighted by molar-refractivity contribution is 0.0728. The maximum Gasteiger partial charge on any atom is 0.0703 e. The van der Waals surface area contributed by atoms with E-state index in [0.29, 0.717) is 12.1 Å². The zero-order valence-corrected chi connectivity index (χ0v) is 10.0. The second-order valence-electron chi connectivity index (χ2n) is 4.81. The Morgan fingerprint density at radius 1 is 1.40 bits per heavy atom. The van der Waals surface area contributed by atoms with Gasteiger partial charge in [-0.05, 0) is 39.3 Å². The molecule has 0 aromatic heterocycles. The second-order valence-corrected chi connectivity index (χ2v) is 4.81. The van der Waals surface area contributed by atoms with E-state index >= 15 is 0 Å². The third-order valence-corrected chi connectivity index (χ3v) is 3.83. The van der Waals surface area contributed by atoms with Gasteiger partial charge in [-0.25, -0.2) is 0 Å². The summed E-state index contributed by atoms with van der Waals surface area (Å²) in [7, 11) is 0. The van der Waals surface area contributed by atoms with E-state index in [-0.39, 0.29) is 0 Å². The van der Waals surface area contributed by atoms with E-state index in [2.05, 4.69) is 24.1 Å². The fraction of sp³-hybridized carbons (Fsp3) is 1.00. The van der Waals surface area contributed by atoms with Gasteiger partial charge in [0.1, 0.15) is 0 Å². The summed E-state index contributed by atoms with van der Waals surface area (Å²) in [6.45, 7) is 8.98. The van der Waals surface area contributed by atoms with Crippen LogP contribution in [0.4, 0.5) is 0 Å². The van der Waals surface area contributed by atoms with Crippen molar-refractivity contribution in [2.75, 3.05) is 26.2 Å². The Morgan fingerprint density at radius 2 is 2.27 bits per heavy atom. The minimum Gasteiger partial charge on any atom is -0.377 e. The lowest BCUT2D eigenvalue weighted by Gasteiger charge is -2.31. The molecule has 0 aromatic rings. The molecule has 3 heteroatoms. The van der Waals surface area contributed by atoms with E-state index in [1.165, 1.54) is 32.4 Å². The molecule has 1 N–H and O–H groups in total. The van der Waals surface area contributed by atoms with Crippen molar-refractivity contribution >= 4 is 0 Å². The van der Waals surface area contributed by atoms with Crippen molar-refractivity contribution in [2.24, 2.45) is 0 Å². The quantitative estimate of drug-likeness (QED) is 0.759. The molecule has 3 atom stereocenters. The molecule has 0 saturated carbocycles. The number of hydrogen-bond acceptors (Lipinski definition) is 3. The highest BCUT2D eigenvalue weighted by Gasteiger charge is 2.30. The van der Waals surface area contributed by atoms with Crippen LogP contribution in [-0.4, -0.2) is 49.3 Å². The number of nitrogens with one attached hydrogen (secondary N) is 1. The molecule has 0 aliphatic carbocycles. The molecule has 3 nitrogen and oxygen atoms in total. The highest BCUT2D eigenvalue weighted by Crippen LogP contribution is 2.20. The number of rotatable bonds is 4. The first-order valence-electron chi connectivity index (χ1n) is 6.40. The molecule has 2 aliphatic rings. The summed E-state index contributed by atoms with van der Waals surface area (Å²) >= 11 is 0. The topological polar surface area (TPSA) is 24.5 Å². The van der Waals surface area contributed by atoms with E-state index < -0.39 is 0 Å². The first kappa shape index (κ1) is 11.4. The normalized spacial score (nSPS) is 36.6. The maximum atomic E-state index is 5.65. The van der Waals surface area contributed by atoms with Crippen LogP contribution >= 0.6 is 0 Å². The largest absolute Gasteiger partial charge is 0.377 e. The van der Waals surface area contributed by atoms with Gasteiger partial charge in [-0.3, -0.25) is 4.90 Å². The van der Waals surface area contributed by atoms with Crippen molar-refractivity contribution in [1.29, 1.82) is 0 Å². The van der Waals surface area contributed by atoms with Crippen LogP contribution in [0.1, 0.15) is 33.1 Å². The molecule has 3 unspecified atom stereocenters. The second kappa shape index (κ2) is 5.28. The molecule has 15 heavy (non-hydrogen) atoms. The average Bonchev–Trinajstić information content (AvgIpc) is 2.85. The van der Waals surface area contributed by atoms with Crippen LogP contribution in [0.5, 0.6) is 0 Å². The number of nitrogens with zero attached hydrogens (tertiary/aromatic N) is 1. The fourth-order valence-corrected chi connectivity index (χ4v) is 2.89. The van der Waals surface area contributed by atoms with Gasteiger partial charge in [0.25, 0.3) is 0 Å². The van der Waals surface area contributed by atoms with E-state index in [1.54, 1.807) is 0 Å². The summed E-state index contributed by atoms with van der Waals surface area (Å²) in [5.41, 5.74) is 0. The third kappa shape index (κ3) is 2.71. The number of ether oxygens (including phenoxy) is 1. The van der Waals surface area contributed by atoms with Gasteiger partial charge in [0, 0.05) is 25.2 Å². The zero-order valence-electron chi connectivity index (χ0n) is 10.0. The predicted molar refractivity (Wildman–Crippen MR) is 62.1 cm³/mol. The van der Waals surface area contributed by atoms with Crippen molar-refractivity contribution in [3.8, 4) is 0 Å². The van der Waals surface area contributed by atoms with Crippen LogP contribution in [0.2, 0.25) is 0 Å². The SMILES string of the molecule is CCN(CC1CCCN1)C1CCOC1C. The molecule has 2 heterocycles. The van der Waals surface area contributed by atoms with E-state index in [9.17, 15) is 0 Å². The van der Waals surface area contributed by atoms with Gasteiger partial charge < -0.3 is 10.1 Å². The fourth-order valence-electron chi connectivity index (χ4n) is 2.89. The van der Waals surface area contributed by atoms with Gasteiger partial charge >= 0.3 is 0 Å². The summed E-state index contributed by atoms with van der Waals surface area (Å²) in [4.78, 5) is 2.60. The first-order chi connectivity index (χ1) is 7.31. The summed E-state index contributed by atoms with van der Waals surface area (Å²) in [6.07, 6.45) is 4.32. The van der Waals surface area contributed by atoms with Gasteiger partial charge in [-0.2, -0.15) is 0 Å². The number of hydrogen-bond donors (Lipinski definition) is 1. The molecule has 2 saturated heterocycles. The lowest BCUT2D eigenvalue weighted by atomic mass is 10.1. The first-order valence-corrected chi connectivity index (χ1v) is 6.40. The van der Waals surface area contributed by atoms with Crippen molar-refractivity contribution in [1.82, 2.24) is 10.2 Å². The van der Waals surface area contributed by atoms with Gasteiger partial charge in [-0.15, -0.1) is 0 Å². The van der Waals surface area contributed by atoms with Crippen molar-refractivity contribution in [2.45, 2.75) is 51.3 Å². The minimum atomic E-state index is 0.423. The van der Waals surface area contributed by atoms with E-state index in [4.69, 9.17) is 4.74 Å². The maximum absolute atomic E-state index is 5.65. The van der Waals surface area contributed by atoms with Crippen LogP contribution in [0, 0.1) is 0 Å². The smallest absolute Gasteiger partial charge is 0.0703 e. The summed E-state index contributed by atoms with van der Waals surface area (Å²) in [6, 6.07) is 1.37. The summed E-state index contributed by atoms with van der Waals surface area (Å²) < 4.78 is 5.65. The molecule has 2 rings (SSSR count). The standard InChI is InChI=1S/C12H24N2O/c1-3-14(9-11-5-4-7-13-11)12-6-8-15-10(12)2/h10-13H,3-9H2,1-2H3. The summed E-state index contributed by atoms with van der Waals surface area (Å²) in [5.74, 6) is 0. The van der Waals surface area contributed by atoms with Gasteiger partial charge in [0.15, 0.2) is 0 Å². The highest BCUT2D eigenvalue weighted by molar-refractivity contribution is 4.86. The molecular formula is C12H24N2O. The monoisotopic (exact) mass is 212 g/mol. The summed E-state index contributed by atoms with van der Waals surface area (Å²) in [5, 5.41) is 3.58. The highest BCUT2D eigenvalue weighted by atomic mass is 16.5. The van der Waals surface area contributed by atoms with Crippen molar-refractivity contribution in [3.63, 3.8) is 0 Å². The lowest BCUT2D eigenvalue weighted by Crippen LogP contribution is -2.45. The molecular weight excluding hydrogens is 188 g/mol. The molecule has 0 spiro atoms. The molecule has 0 amide bonds. The molecule has 88 valence electrons. The number of likely N-dealkylation sites (N-methyl/N-ethyl adjacent to an activating group) is 1. The molecule has 0 radical (unpaired) electrons. The van der Waals surface area contributed by atoms with Gasteiger partial charge in [-0.1, -0.05) is 6.92 Å². The Balaban J connectivity index is 1.85. The Bertz CT molecular complexity index is 192. The van der Waals surface area contributed by atoms with Crippen LogP contribution in [0.25, 0.3) is 0 Å². The molecule has 2 fully saturated rings. The Hall–Kier alpha value is -0.120. The zero-order chi connectivity index (χ0) is 10.7. The Labute approximate surface area is 93.2 Å². The van der Waals surface area contributed by atoms with E-state index in [1.807, 2.05) is 0 Å². The Morgan fingerprint density at radius 3 is 2.80 bits per heavy atom. The molecule has 2 aliphatic heterocycles. The van der Waals surface area contributed by atoms with Crippen LogP contribution in [0.3, 0.4) is 0 Å². The van der Waals surface area contributed by atoms with Crippen LogP contribution in [0.15, 0.2) is 0 Å². The average molecular weight is 212 g/mol. The van der Waals surface area contributed by atoms with Crippen LogP contribution in [-0.2, 0) is 4.74 Å². The van der Waals surface area contributed by atoms with E-state index in [0.717, 1.165) is 19.2 Å².